The summed E-state index contributed by atoms with van der Waals surface area (Å²) in [7, 11) is 0. The van der Waals surface area contributed by atoms with Gasteiger partial charge >= 0.3 is 0 Å². The van der Waals surface area contributed by atoms with Gasteiger partial charge in [0.15, 0.2) is 0 Å². The average Bonchev–Trinajstić information content (AvgIpc) is 3.27. The van der Waals surface area contributed by atoms with Crippen molar-refractivity contribution >= 4 is 45.0 Å². The van der Waals surface area contributed by atoms with Crippen LogP contribution in [0.4, 0.5) is 10.2 Å². The molecule has 1 N–H and O–H groups in total. The SMILES string of the molecule is CCSc1ccc(CC(=O)Nc2cc(C)nn2-c2nc3c(F)cccc3s2)cc1. The van der Waals surface area contributed by atoms with Crippen molar-refractivity contribution in [2.75, 3.05) is 11.1 Å². The van der Waals surface area contributed by atoms with Gasteiger partial charge in [-0.1, -0.05) is 36.5 Å². The lowest BCUT2D eigenvalue weighted by molar-refractivity contribution is -0.115. The Morgan fingerprint density at radius 3 is 2.76 bits per heavy atom. The van der Waals surface area contributed by atoms with Crippen molar-refractivity contribution in [3.05, 3.63) is 65.6 Å². The number of aryl methyl sites for hydroxylation is 1. The van der Waals surface area contributed by atoms with Crippen LogP contribution in [-0.4, -0.2) is 26.4 Å². The van der Waals surface area contributed by atoms with Crippen molar-refractivity contribution in [2.24, 2.45) is 0 Å². The normalized spacial score (nSPS) is 11.1. The number of nitrogens with one attached hydrogen (secondary N) is 1. The number of benzene rings is 2. The van der Waals surface area contributed by atoms with E-state index in [1.54, 1.807) is 28.6 Å². The predicted molar refractivity (Wildman–Crippen MR) is 117 cm³/mol. The smallest absolute Gasteiger partial charge is 0.229 e. The number of para-hydroxylation sites is 1. The van der Waals surface area contributed by atoms with E-state index in [9.17, 15) is 9.18 Å². The number of aromatic nitrogens is 3. The molecule has 2 aromatic carbocycles. The fourth-order valence-electron chi connectivity index (χ4n) is 2.97. The van der Waals surface area contributed by atoms with Crippen LogP contribution in [0.15, 0.2) is 53.4 Å². The van der Waals surface area contributed by atoms with E-state index >= 15 is 0 Å². The van der Waals surface area contributed by atoms with Crippen LogP contribution in [0, 0.1) is 12.7 Å². The highest BCUT2D eigenvalue weighted by Gasteiger charge is 2.16. The van der Waals surface area contributed by atoms with Gasteiger partial charge in [0.1, 0.15) is 17.2 Å². The Labute approximate surface area is 176 Å². The molecule has 0 saturated carbocycles. The van der Waals surface area contributed by atoms with E-state index in [-0.39, 0.29) is 18.1 Å². The van der Waals surface area contributed by atoms with E-state index in [4.69, 9.17) is 0 Å². The summed E-state index contributed by atoms with van der Waals surface area (Å²) in [6, 6.07) is 14.6. The van der Waals surface area contributed by atoms with Crippen LogP contribution < -0.4 is 5.32 Å². The largest absolute Gasteiger partial charge is 0.310 e. The molecule has 148 valence electrons. The van der Waals surface area contributed by atoms with Crippen LogP contribution in [-0.2, 0) is 11.2 Å². The zero-order valence-corrected chi connectivity index (χ0v) is 17.6. The molecule has 0 radical (unpaired) electrons. The molecular weight excluding hydrogens is 407 g/mol. The van der Waals surface area contributed by atoms with E-state index < -0.39 is 0 Å². The van der Waals surface area contributed by atoms with Gasteiger partial charge in [0.05, 0.1) is 16.8 Å². The van der Waals surface area contributed by atoms with Gasteiger partial charge in [-0.15, -0.1) is 11.8 Å². The van der Waals surface area contributed by atoms with Gasteiger partial charge in [-0.3, -0.25) is 4.79 Å². The van der Waals surface area contributed by atoms with E-state index in [0.29, 0.717) is 16.5 Å². The minimum Gasteiger partial charge on any atom is -0.310 e. The zero-order chi connectivity index (χ0) is 20.4. The Balaban J connectivity index is 1.54. The summed E-state index contributed by atoms with van der Waals surface area (Å²) < 4.78 is 16.3. The number of rotatable bonds is 6. The maximum atomic E-state index is 14.0. The fourth-order valence-corrected chi connectivity index (χ4v) is 4.58. The van der Waals surface area contributed by atoms with Gasteiger partial charge in [0.2, 0.25) is 11.0 Å². The highest BCUT2D eigenvalue weighted by atomic mass is 32.2. The molecular formula is C21H19FN4OS2. The van der Waals surface area contributed by atoms with Crippen LogP contribution in [0.2, 0.25) is 0 Å². The molecule has 0 aliphatic carbocycles. The van der Waals surface area contributed by atoms with Crippen LogP contribution in [0.1, 0.15) is 18.2 Å². The van der Waals surface area contributed by atoms with Crippen molar-refractivity contribution in [2.45, 2.75) is 25.2 Å². The third kappa shape index (κ3) is 4.33. The molecule has 0 saturated heterocycles. The number of nitrogens with zero attached hydrogens (tertiary/aromatic N) is 3. The molecule has 0 bridgehead atoms. The van der Waals surface area contributed by atoms with Crippen LogP contribution in [0.25, 0.3) is 15.3 Å². The van der Waals surface area contributed by atoms with Crippen LogP contribution >= 0.6 is 23.1 Å². The maximum Gasteiger partial charge on any atom is 0.229 e. The Bertz CT molecular complexity index is 1170. The van der Waals surface area contributed by atoms with Gasteiger partial charge in [0, 0.05) is 11.0 Å². The van der Waals surface area contributed by atoms with E-state index in [0.717, 1.165) is 21.7 Å². The second kappa shape index (κ2) is 8.34. The summed E-state index contributed by atoms with van der Waals surface area (Å²) in [6.07, 6.45) is 0.260. The standard InChI is InChI=1S/C21H19FN4OS2/c1-3-28-15-9-7-14(8-10-15)12-19(27)23-18-11-13(2)25-26(18)21-24-20-16(22)5-4-6-17(20)29-21/h4-11H,3,12H2,1-2H3,(H,23,27). The molecule has 4 rings (SSSR count). The third-order valence-electron chi connectivity index (χ3n) is 4.24. The third-order valence-corrected chi connectivity index (χ3v) is 6.13. The Hall–Kier alpha value is -2.71. The van der Waals surface area contributed by atoms with Crippen molar-refractivity contribution < 1.29 is 9.18 Å². The molecule has 0 atom stereocenters. The first-order chi connectivity index (χ1) is 14.0. The molecule has 8 heteroatoms. The number of halogens is 1. The summed E-state index contributed by atoms with van der Waals surface area (Å²) in [5.41, 5.74) is 1.98. The number of anilines is 1. The molecule has 2 aromatic heterocycles. The Kier molecular flexibility index (Phi) is 5.64. The molecule has 0 unspecified atom stereocenters. The molecule has 29 heavy (non-hydrogen) atoms. The van der Waals surface area contributed by atoms with Crippen molar-refractivity contribution in [3.63, 3.8) is 0 Å². The molecule has 4 aromatic rings. The quantitative estimate of drug-likeness (QED) is 0.429. The number of fused-ring (bicyclic) bond motifs is 1. The van der Waals surface area contributed by atoms with Gasteiger partial charge < -0.3 is 5.32 Å². The summed E-state index contributed by atoms with van der Waals surface area (Å²) in [5.74, 6) is 1.02. The number of thioether (sulfide) groups is 1. The van der Waals surface area contributed by atoms with Gasteiger partial charge in [0.25, 0.3) is 0 Å². The fraction of sp³-hybridized carbons (Fsp3) is 0.190. The number of hydrogen-bond donors (Lipinski definition) is 1. The van der Waals surface area contributed by atoms with Gasteiger partial charge in [-0.2, -0.15) is 9.78 Å². The molecule has 0 spiro atoms. The Morgan fingerprint density at radius 1 is 1.24 bits per heavy atom. The minimum absolute atomic E-state index is 0.144. The first-order valence-corrected chi connectivity index (χ1v) is 11.0. The van der Waals surface area contributed by atoms with E-state index in [1.165, 1.54) is 22.3 Å². The second-order valence-corrected chi connectivity index (χ2v) is 8.81. The topological polar surface area (TPSA) is 59.8 Å². The van der Waals surface area contributed by atoms with Gasteiger partial charge in [-0.25, -0.2) is 9.37 Å². The highest BCUT2D eigenvalue weighted by Crippen LogP contribution is 2.28. The number of thiazole rings is 1. The molecule has 1 amide bonds. The van der Waals surface area contributed by atoms with Crippen molar-refractivity contribution in [3.8, 4) is 5.13 Å². The molecule has 0 aliphatic heterocycles. The Morgan fingerprint density at radius 2 is 2.03 bits per heavy atom. The number of carbonyl (C=O) groups is 1. The number of carbonyl (C=O) groups excluding carboxylic acids is 1. The highest BCUT2D eigenvalue weighted by molar-refractivity contribution is 7.99. The lowest BCUT2D eigenvalue weighted by Crippen LogP contribution is -2.17. The molecule has 5 nitrogen and oxygen atoms in total. The summed E-state index contributed by atoms with van der Waals surface area (Å²) >= 11 is 3.09. The van der Waals surface area contributed by atoms with Crippen molar-refractivity contribution in [1.82, 2.24) is 14.8 Å². The zero-order valence-electron chi connectivity index (χ0n) is 16.0. The van der Waals surface area contributed by atoms with E-state index in [1.807, 2.05) is 37.3 Å². The summed E-state index contributed by atoms with van der Waals surface area (Å²) in [4.78, 5) is 18.1. The maximum absolute atomic E-state index is 14.0. The monoisotopic (exact) mass is 426 g/mol. The predicted octanol–water partition coefficient (Wildman–Crippen LogP) is 5.22. The molecule has 2 heterocycles. The number of amides is 1. The lowest BCUT2D eigenvalue weighted by Gasteiger charge is -2.07. The van der Waals surface area contributed by atoms with Crippen LogP contribution in [0.5, 0.6) is 0 Å². The van der Waals surface area contributed by atoms with E-state index in [2.05, 4.69) is 22.3 Å². The van der Waals surface area contributed by atoms with Crippen LogP contribution in [0.3, 0.4) is 0 Å². The molecule has 0 aliphatic rings. The number of hydrogen-bond acceptors (Lipinski definition) is 5. The second-order valence-electron chi connectivity index (χ2n) is 6.47. The summed E-state index contributed by atoms with van der Waals surface area (Å²) in [6.45, 7) is 3.95. The lowest BCUT2D eigenvalue weighted by atomic mass is 10.1. The van der Waals surface area contributed by atoms with Gasteiger partial charge in [-0.05, 0) is 42.5 Å². The first-order valence-electron chi connectivity index (χ1n) is 9.17. The summed E-state index contributed by atoms with van der Waals surface area (Å²) in [5, 5.41) is 7.84. The average molecular weight is 427 g/mol. The first kappa shape index (κ1) is 19.6. The van der Waals surface area contributed by atoms with Crippen molar-refractivity contribution in [1.29, 1.82) is 0 Å². The minimum atomic E-state index is -0.371. The molecule has 0 fully saturated rings.